The van der Waals surface area contributed by atoms with Gasteiger partial charge in [0.25, 0.3) is 0 Å². The number of nitrogens with zero attached hydrogens (tertiary/aromatic N) is 5. The van der Waals surface area contributed by atoms with Crippen LogP contribution in [0.15, 0.2) is 29.3 Å². The van der Waals surface area contributed by atoms with Crippen molar-refractivity contribution in [2.45, 2.75) is 32.6 Å². The van der Waals surface area contributed by atoms with Gasteiger partial charge < -0.3 is 15.1 Å². The first-order chi connectivity index (χ1) is 13.4. The molecule has 3 rings (SSSR count). The topological polar surface area (TPSA) is 56.7 Å². The van der Waals surface area contributed by atoms with Gasteiger partial charge in [-0.05, 0) is 17.7 Å². The molecule has 0 amide bonds. The summed E-state index contributed by atoms with van der Waals surface area (Å²) in [4.78, 5) is 13.6. The van der Waals surface area contributed by atoms with Crippen LogP contribution in [0.3, 0.4) is 0 Å². The molecule has 1 aliphatic rings. The molecule has 1 aromatic heterocycles. The molecule has 160 valence electrons. The minimum Gasteiger partial charge on any atom is -0.355 e. The lowest BCUT2D eigenvalue weighted by Crippen LogP contribution is -2.54. The fraction of sp³-hybridized carbons (Fsp3) is 0.550. The molecule has 0 unspecified atom stereocenters. The van der Waals surface area contributed by atoms with Crippen molar-refractivity contribution < 1.29 is 4.39 Å². The highest BCUT2D eigenvalue weighted by molar-refractivity contribution is 14.0. The Balaban J connectivity index is 0.00000300. The van der Waals surface area contributed by atoms with Crippen LogP contribution >= 0.6 is 35.5 Å². The number of aryl methyl sites for hydroxylation is 1. The zero-order valence-corrected chi connectivity index (χ0v) is 20.6. The van der Waals surface area contributed by atoms with Gasteiger partial charge in [-0.25, -0.2) is 9.37 Å². The molecule has 2 aromatic rings. The number of hydrogen-bond acceptors (Lipinski definition) is 5. The maximum atomic E-state index is 13.6. The van der Waals surface area contributed by atoms with E-state index in [0.29, 0.717) is 6.54 Å². The van der Waals surface area contributed by atoms with Crippen LogP contribution in [0.5, 0.6) is 0 Å². The Kier molecular flexibility index (Phi) is 8.62. The summed E-state index contributed by atoms with van der Waals surface area (Å²) in [6.07, 6.45) is 0.869. The van der Waals surface area contributed by atoms with E-state index in [1.807, 2.05) is 13.1 Å². The minimum atomic E-state index is -0.205. The van der Waals surface area contributed by atoms with Crippen LogP contribution in [0.2, 0.25) is 0 Å². The lowest BCUT2D eigenvalue weighted by molar-refractivity contribution is 0.366. The molecule has 1 aromatic carbocycles. The first-order valence-corrected chi connectivity index (χ1v) is 10.5. The van der Waals surface area contributed by atoms with Gasteiger partial charge in [0.2, 0.25) is 5.13 Å². The van der Waals surface area contributed by atoms with Crippen LogP contribution in [0.25, 0.3) is 0 Å². The molecule has 0 atom stereocenters. The Morgan fingerprint density at radius 1 is 1.28 bits per heavy atom. The third-order valence-electron chi connectivity index (χ3n) is 5.13. The van der Waals surface area contributed by atoms with Gasteiger partial charge in [-0.2, -0.15) is 4.37 Å². The highest BCUT2D eigenvalue weighted by Gasteiger charge is 2.25. The molecule has 1 N–H and O–H groups in total. The Morgan fingerprint density at radius 2 is 2.00 bits per heavy atom. The number of piperazine rings is 1. The fourth-order valence-corrected chi connectivity index (χ4v) is 4.07. The largest absolute Gasteiger partial charge is 0.355 e. The molecular weight excluding hydrogens is 502 g/mol. The van der Waals surface area contributed by atoms with E-state index in [1.165, 1.54) is 17.6 Å². The molecule has 0 saturated carbocycles. The first kappa shape index (κ1) is 23.8. The van der Waals surface area contributed by atoms with Crippen LogP contribution in [-0.2, 0) is 11.8 Å². The van der Waals surface area contributed by atoms with Crippen molar-refractivity contribution in [3.05, 3.63) is 41.5 Å². The average molecular weight is 532 g/mol. The van der Waals surface area contributed by atoms with Gasteiger partial charge in [0.15, 0.2) is 5.96 Å². The summed E-state index contributed by atoms with van der Waals surface area (Å²) in [6.45, 7) is 10.5. The van der Waals surface area contributed by atoms with Gasteiger partial charge in [-0.3, -0.25) is 4.99 Å². The van der Waals surface area contributed by atoms with Gasteiger partial charge in [0.1, 0.15) is 11.6 Å². The van der Waals surface area contributed by atoms with E-state index < -0.39 is 0 Å². The lowest BCUT2D eigenvalue weighted by atomic mass is 9.84. The van der Waals surface area contributed by atoms with Crippen LogP contribution in [0, 0.1) is 5.82 Å². The van der Waals surface area contributed by atoms with Crippen molar-refractivity contribution in [3.63, 3.8) is 0 Å². The third-order valence-corrected chi connectivity index (χ3v) is 5.94. The number of hydrogen-bond donors (Lipinski definition) is 1. The zero-order chi connectivity index (χ0) is 20.1. The van der Waals surface area contributed by atoms with Crippen molar-refractivity contribution >= 4 is 46.6 Å². The number of nitrogens with one attached hydrogen (secondary N) is 1. The van der Waals surface area contributed by atoms with E-state index in [4.69, 9.17) is 0 Å². The average Bonchev–Trinajstić information content (AvgIpc) is 3.18. The number of guanidine groups is 1. The van der Waals surface area contributed by atoms with Crippen LogP contribution in [0.4, 0.5) is 9.52 Å². The predicted octanol–water partition coefficient (Wildman–Crippen LogP) is 3.53. The third kappa shape index (κ3) is 6.00. The molecule has 0 bridgehead atoms. The zero-order valence-electron chi connectivity index (χ0n) is 17.5. The Labute approximate surface area is 193 Å². The van der Waals surface area contributed by atoms with E-state index in [9.17, 15) is 4.39 Å². The molecule has 6 nitrogen and oxygen atoms in total. The molecule has 0 radical (unpaired) electrons. The van der Waals surface area contributed by atoms with E-state index in [0.717, 1.165) is 55.1 Å². The summed E-state index contributed by atoms with van der Waals surface area (Å²) in [6, 6.07) is 6.82. The highest BCUT2D eigenvalue weighted by Crippen LogP contribution is 2.23. The number of aromatic nitrogens is 2. The summed E-state index contributed by atoms with van der Waals surface area (Å²) in [5, 5.41) is 4.48. The Bertz CT molecular complexity index is 817. The van der Waals surface area contributed by atoms with Gasteiger partial charge in [0, 0.05) is 63.1 Å². The van der Waals surface area contributed by atoms with Crippen molar-refractivity contribution in [3.8, 4) is 0 Å². The van der Waals surface area contributed by atoms with Gasteiger partial charge in [0.05, 0.1) is 0 Å². The number of halogens is 2. The van der Waals surface area contributed by atoms with Crippen LogP contribution in [0.1, 0.15) is 32.2 Å². The summed E-state index contributed by atoms with van der Waals surface area (Å²) in [5.74, 6) is 1.60. The summed E-state index contributed by atoms with van der Waals surface area (Å²) in [5.41, 5.74) is 0.770. The lowest BCUT2D eigenvalue weighted by Gasteiger charge is -2.37. The summed E-state index contributed by atoms with van der Waals surface area (Å²) in [7, 11) is 1.81. The van der Waals surface area contributed by atoms with E-state index >= 15 is 0 Å². The van der Waals surface area contributed by atoms with Crippen molar-refractivity contribution in [1.29, 1.82) is 0 Å². The second kappa shape index (κ2) is 10.5. The van der Waals surface area contributed by atoms with Crippen LogP contribution < -0.4 is 10.2 Å². The quantitative estimate of drug-likeness (QED) is 0.363. The second-order valence-corrected chi connectivity index (χ2v) is 8.35. The number of benzene rings is 1. The SMILES string of the molecule is CCc1nsc(N2CCN(C(=NC)NCC(C)(C)c3cccc(F)c3)CC2)n1.I. The monoisotopic (exact) mass is 532 g/mol. The standard InChI is InChI=1S/C20H29FN6S.HI/c1-5-17-24-19(28-25-17)27-11-9-26(10-12-27)18(22-4)23-14-20(2,3)15-7-6-8-16(21)13-15;/h6-8,13H,5,9-12,14H2,1-4H3,(H,22,23);1H. The predicted molar refractivity (Wildman–Crippen MR) is 129 cm³/mol. The normalized spacial score (nSPS) is 15.3. The van der Waals surface area contributed by atoms with Crippen LogP contribution in [-0.4, -0.2) is 60.0 Å². The number of aliphatic imine (C=N–C) groups is 1. The van der Waals surface area contributed by atoms with Gasteiger partial charge in [-0.1, -0.05) is 32.9 Å². The molecule has 9 heteroatoms. The second-order valence-electron chi connectivity index (χ2n) is 7.62. The Morgan fingerprint density at radius 3 is 2.59 bits per heavy atom. The molecule has 0 spiro atoms. The van der Waals surface area contributed by atoms with Gasteiger partial charge >= 0.3 is 0 Å². The minimum absolute atomic E-state index is 0. The van der Waals surface area contributed by atoms with Gasteiger partial charge in [-0.15, -0.1) is 24.0 Å². The maximum absolute atomic E-state index is 13.6. The smallest absolute Gasteiger partial charge is 0.205 e. The Hall–Kier alpha value is -1.49. The molecule has 2 heterocycles. The molecule has 29 heavy (non-hydrogen) atoms. The molecule has 1 fully saturated rings. The summed E-state index contributed by atoms with van der Waals surface area (Å²) >= 11 is 1.48. The van der Waals surface area contributed by atoms with Crippen molar-refractivity contribution in [1.82, 2.24) is 19.6 Å². The molecular formula is C20H30FIN6S. The molecule has 0 aliphatic carbocycles. The first-order valence-electron chi connectivity index (χ1n) is 9.72. The van der Waals surface area contributed by atoms with Crippen molar-refractivity contribution in [2.75, 3.05) is 44.7 Å². The summed E-state index contributed by atoms with van der Waals surface area (Å²) < 4.78 is 18.0. The molecule has 1 aliphatic heterocycles. The maximum Gasteiger partial charge on any atom is 0.205 e. The van der Waals surface area contributed by atoms with Crippen molar-refractivity contribution in [2.24, 2.45) is 4.99 Å². The highest BCUT2D eigenvalue weighted by atomic mass is 127. The van der Waals surface area contributed by atoms with E-state index in [1.54, 1.807) is 12.1 Å². The van der Waals surface area contributed by atoms with E-state index in [-0.39, 0.29) is 35.2 Å². The number of rotatable bonds is 5. The van der Waals surface area contributed by atoms with E-state index in [2.05, 4.69) is 50.2 Å². The number of anilines is 1. The molecule has 1 saturated heterocycles. The fourth-order valence-electron chi connectivity index (χ4n) is 3.27.